The van der Waals surface area contributed by atoms with Crippen LogP contribution in [-0.4, -0.2) is 16.0 Å². The molecule has 0 saturated carbocycles. The molecule has 46 heavy (non-hydrogen) atoms. The third-order valence-corrected chi connectivity index (χ3v) is 10.4. The van der Waals surface area contributed by atoms with Gasteiger partial charge < -0.3 is 14.9 Å². The van der Waals surface area contributed by atoms with E-state index in [0.717, 1.165) is 28.3 Å². The summed E-state index contributed by atoms with van der Waals surface area (Å²) in [5.74, 6) is 0. The molecule has 6 aromatic rings. The minimum absolute atomic E-state index is 0. The van der Waals surface area contributed by atoms with Crippen molar-refractivity contribution < 1.29 is 21.1 Å². The Morgan fingerprint density at radius 3 is 2.04 bits per heavy atom. The van der Waals surface area contributed by atoms with Crippen molar-refractivity contribution in [3.8, 4) is 11.3 Å². The minimum Gasteiger partial charge on any atom is -0.360 e. The largest absolute Gasteiger partial charge is 2.00 e. The maximum Gasteiger partial charge on any atom is 2.00 e. The van der Waals surface area contributed by atoms with E-state index in [1.54, 1.807) is 0 Å². The van der Waals surface area contributed by atoms with Crippen LogP contribution in [0.25, 0.3) is 38.4 Å². The van der Waals surface area contributed by atoms with Gasteiger partial charge in [0.1, 0.15) is 0 Å². The molecule has 4 aromatic carbocycles. The van der Waals surface area contributed by atoms with E-state index < -0.39 is 0 Å². The number of pyridine rings is 2. The molecule has 0 bridgehead atoms. The first-order chi connectivity index (χ1) is 21.8. The van der Waals surface area contributed by atoms with Gasteiger partial charge in [0.2, 0.25) is 0 Å². The van der Waals surface area contributed by atoms with Crippen LogP contribution in [-0.2, 0) is 31.9 Å². The second-order valence-electron chi connectivity index (χ2n) is 13.6. The molecule has 0 spiro atoms. The van der Waals surface area contributed by atoms with Gasteiger partial charge in [-0.1, -0.05) is 93.9 Å². The molecular formula is C42H33N3Pt. The molecule has 1 atom stereocenters. The van der Waals surface area contributed by atoms with Gasteiger partial charge in [-0.05, 0) is 79.3 Å². The second-order valence-corrected chi connectivity index (χ2v) is 13.6. The number of rotatable bonds is 3. The molecule has 3 aliphatic carbocycles. The van der Waals surface area contributed by atoms with E-state index in [1.807, 2.05) is 12.4 Å². The van der Waals surface area contributed by atoms with Gasteiger partial charge in [-0.2, -0.15) is 12.0 Å². The van der Waals surface area contributed by atoms with Crippen molar-refractivity contribution in [3.63, 3.8) is 0 Å². The summed E-state index contributed by atoms with van der Waals surface area (Å²) < 4.78 is 0. The van der Waals surface area contributed by atoms with Crippen LogP contribution in [0, 0.1) is 12.5 Å². The summed E-state index contributed by atoms with van der Waals surface area (Å²) in [6.45, 7) is 9.32. The molecule has 3 nitrogen and oxygen atoms in total. The van der Waals surface area contributed by atoms with Gasteiger partial charge in [0, 0.05) is 24.1 Å². The van der Waals surface area contributed by atoms with Crippen LogP contribution < -0.4 is 4.90 Å². The van der Waals surface area contributed by atoms with E-state index in [9.17, 15) is 0 Å². The summed E-state index contributed by atoms with van der Waals surface area (Å²) >= 11 is 0. The number of hydrogen-bond donors (Lipinski definition) is 0. The molecule has 4 heteroatoms. The molecule has 3 aliphatic rings. The number of aromatic nitrogens is 2. The Morgan fingerprint density at radius 2 is 1.33 bits per heavy atom. The molecule has 0 N–H and O–H groups in total. The summed E-state index contributed by atoms with van der Waals surface area (Å²) in [5.41, 5.74) is 11.5. The van der Waals surface area contributed by atoms with Gasteiger partial charge in [-0.25, -0.2) is 0 Å². The first-order valence-corrected chi connectivity index (χ1v) is 15.8. The Morgan fingerprint density at radius 1 is 0.674 bits per heavy atom. The van der Waals surface area contributed by atoms with Gasteiger partial charge in [0.05, 0.1) is 0 Å². The Hall–Kier alpha value is -4.46. The first-order valence-electron chi connectivity index (χ1n) is 15.8. The third kappa shape index (κ3) is 3.98. The van der Waals surface area contributed by atoms with E-state index in [-0.39, 0.29) is 37.9 Å². The molecule has 2 aromatic heterocycles. The van der Waals surface area contributed by atoms with Gasteiger partial charge in [0.25, 0.3) is 0 Å². The van der Waals surface area contributed by atoms with E-state index in [0.29, 0.717) is 0 Å². The minimum atomic E-state index is -0.167. The van der Waals surface area contributed by atoms with Crippen molar-refractivity contribution in [1.82, 2.24) is 9.97 Å². The van der Waals surface area contributed by atoms with Crippen LogP contribution in [0.1, 0.15) is 50.1 Å². The van der Waals surface area contributed by atoms with E-state index in [4.69, 9.17) is 9.97 Å². The topological polar surface area (TPSA) is 29.0 Å². The van der Waals surface area contributed by atoms with Crippen molar-refractivity contribution in [3.05, 3.63) is 156 Å². The van der Waals surface area contributed by atoms with Crippen LogP contribution in [0.3, 0.4) is 0 Å². The number of fused-ring (bicyclic) bond motifs is 3. The fourth-order valence-electron chi connectivity index (χ4n) is 8.09. The zero-order valence-electron chi connectivity index (χ0n) is 26.3. The van der Waals surface area contributed by atoms with Crippen molar-refractivity contribution in [2.24, 2.45) is 0 Å². The maximum absolute atomic E-state index is 4.99. The Labute approximate surface area is 285 Å². The average molecular weight is 775 g/mol. The van der Waals surface area contributed by atoms with Crippen LogP contribution >= 0.6 is 0 Å². The molecule has 0 radical (unpaired) electrons. The monoisotopic (exact) mass is 774 g/mol. The number of benzene rings is 4. The number of allylic oxidation sites excluding steroid dienone is 2. The quantitative estimate of drug-likeness (QED) is 0.168. The summed E-state index contributed by atoms with van der Waals surface area (Å²) in [6.07, 6.45) is 11.0. The van der Waals surface area contributed by atoms with Crippen LogP contribution in [0.15, 0.2) is 121 Å². The van der Waals surface area contributed by atoms with Crippen LogP contribution in [0.4, 0.5) is 11.4 Å². The maximum atomic E-state index is 4.99. The van der Waals surface area contributed by atoms with E-state index >= 15 is 0 Å². The first kappa shape index (κ1) is 29.0. The fraction of sp³-hybridized carbons (Fsp3) is 0.167. The normalized spacial score (nSPS) is 18.0. The molecule has 2 heterocycles. The number of anilines is 2. The third-order valence-electron chi connectivity index (χ3n) is 10.4. The van der Waals surface area contributed by atoms with Crippen molar-refractivity contribution >= 4 is 38.5 Å². The predicted molar refractivity (Wildman–Crippen MR) is 186 cm³/mol. The van der Waals surface area contributed by atoms with Gasteiger partial charge in [0.15, 0.2) is 0 Å². The zero-order valence-corrected chi connectivity index (χ0v) is 28.6. The van der Waals surface area contributed by atoms with Crippen LogP contribution in [0.5, 0.6) is 0 Å². The van der Waals surface area contributed by atoms with Gasteiger partial charge in [-0.3, -0.25) is 0 Å². The summed E-state index contributed by atoms with van der Waals surface area (Å²) in [5, 5.41) is 4.96. The molecular weight excluding hydrogens is 742 g/mol. The Kier molecular flexibility index (Phi) is 6.47. The Balaban J connectivity index is 0.00000312. The molecule has 0 aliphatic heterocycles. The molecule has 1 unspecified atom stereocenters. The van der Waals surface area contributed by atoms with E-state index in [1.165, 1.54) is 49.4 Å². The number of para-hydroxylation sites is 1. The summed E-state index contributed by atoms with van der Waals surface area (Å²) in [4.78, 5) is 12.3. The van der Waals surface area contributed by atoms with Gasteiger partial charge in [-0.15, -0.1) is 41.0 Å². The molecule has 0 saturated heterocycles. The number of hydrogen-bond acceptors (Lipinski definition) is 3. The standard InChI is InChI=1S/C42H33N3.Pt/c1-41(2)33-18-16-29(24-31(33)39-37-26(20-22-43-39)10-8-14-35(37)41)45(28-12-6-5-7-13-28)30-17-19-34-32(25-30)40-38-27(21-23-44-40)11-9-15-36(38)42(34,3)4;/h5-24,29H,1-4H3;/q-2;+2. The smallest absolute Gasteiger partial charge is 0.360 e. The predicted octanol–water partition coefficient (Wildman–Crippen LogP) is 9.91. The summed E-state index contributed by atoms with van der Waals surface area (Å²) in [6, 6.07) is 36.6. The summed E-state index contributed by atoms with van der Waals surface area (Å²) in [7, 11) is 0. The number of nitrogens with zero attached hydrogens (tertiary/aromatic N) is 3. The molecule has 0 amide bonds. The molecule has 0 fully saturated rings. The van der Waals surface area contributed by atoms with E-state index in [2.05, 4.69) is 148 Å². The van der Waals surface area contributed by atoms with Crippen molar-refractivity contribution in [2.75, 3.05) is 4.90 Å². The van der Waals surface area contributed by atoms with Crippen molar-refractivity contribution in [2.45, 2.75) is 44.6 Å². The molecule has 226 valence electrons. The van der Waals surface area contributed by atoms with Crippen LogP contribution in [0.2, 0.25) is 0 Å². The Bertz CT molecular complexity index is 2250. The average Bonchev–Trinajstić information content (AvgIpc) is 3.06. The fourth-order valence-corrected chi connectivity index (χ4v) is 8.09. The SMILES string of the molecule is CC1(C)C2=C([CH-]C(N(c3[c-]c4c(cc3)C(C)(C)c3cccc5ccnc-4c35)c3ccccc3)C=C2)c2nccc3cccc1c23.[Pt+2]. The zero-order chi connectivity index (χ0) is 30.5. The molecule has 9 rings (SSSR count). The van der Waals surface area contributed by atoms with Gasteiger partial charge >= 0.3 is 21.1 Å². The second kappa shape index (κ2) is 10.3. The van der Waals surface area contributed by atoms with Crippen molar-refractivity contribution in [1.29, 1.82) is 0 Å².